The van der Waals surface area contributed by atoms with Crippen LogP contribution >= 0.6 is 47.8 Å². The molecule has 0 bridgehead atoms. The van der Waals surface area contributed by atoms with Gasteiger partial charge in [-0.05, 0) is 52.2 Å². The molecule has 0 nitrogen and oxygen atoms in total. The van der Waals surface area contributed by atoms with Gasteiger partial charge in [-0.15, -0.1) is 0 Å². The first-order valence-electron chi connectivity index (χ1n) is 5.50. The first-order chi connectivity index (χ1) is 8.97. The number of rotatable bonds is 3. The molecule has 0 aliphatic rings. The second-order valence-corrected chi connectivity index (χ2v) is 6.96. The van der Waals surface area contributed by atoms with Gasteiger partial charge in [-0.3, -0.25) is 0 Å². The molecule has 0 radical (unpaired) electrons. The maximum atomic E-state index is 13.8. The van der Waals surface area contributed by atoms with Crippen molar-refractivity contribution in [2.75, 3.05) is 0 Å². The van der Waals surface area contributed by atoms with Crippen molar-refractivity contribution in [2.45, 2.75) is 11.2 Å². The summed E-state index contributed by atoms with van der Waals surface area (Å²) < 4.78 is 28.4. The summed E-state index contributed by atoms with van der Waals surface area (Å²) in [7, 11) is 0. The molecule has 2 aromatic rings. The summed E-state index contributed by atoms with van der Waals surface area (Å²) in [6.07, 6.45) is 0.581. The van der Waals surface area contributed by atoms with E-state index < -0.39 is 11.6 Å². The van der Waals surface area contributed by atoms with Crippen LogP contribution in [0.15, 0.2) is 45.3 Å². The summed E-state index contributed by atoms with van der Waals surface area (Å²) >= 11 is 9.78. The normalized spacial score (nSPS) is 12.5. The lowest BCUT2D eigenvalue weighted by atomic mass is 10.0. The van der Waals surface area contributed by atoms with E-state index in [0.29, 0.717) is 12.0 Å². The Morgan fingerprint density at radius 3 is 2.42 bits per heavy atom. The van der Waals surface area contributed by atoms with Crippen molar-refractivity contribution in [3.63, 3.8) is 0 Å². The van der Waals surface area contributed by atoms with Crippen LogP contribution in [0.1, 0.15) is 16.0 Å². The molecule has 0 amide bonds. The van der Waals surface area contributed by atoms with E-state index in [1.807, 2.05) is 24.3 Å². The van der Waals surface area contributed by atoms with E-state index in [2.05, 4.69) is 47.8 Å². The van der Waals surface area contributed by atoms with E-state index in [-0.39, 0.29) is 9.30 Å². The van der Waals surface area contributed by atoms with Gasteiger partial charge in [-0.25, -0.2) is 8.78 Å². The van der Waals surface area contributed by atoms with E-state index in [1.54, 1.807) is 0 Å². The molecule has 2 aromatic carbocycles. The third-order valence-corrected chi connectivity index (χ3v) is 4.60. The minimum absolute atomic E-state index is 0.135. The van der Waals surface area contributed by atoms with Crippen molar-refractivity contribution in [1.29, 1.82) is 0 Å². The van der Waals surface area contributed by atoms with Gasteiger partial charge in [-0.1, -0.05) is 44.0 Å². The summed E-state index contributed by atoms with van der Waals surface area (Å²) in [5, 5.41) is 0. The van der Waals surface area contributed by atoms with Crippen LogP contribution in [-0.2, 0) is 6.42 Å². The molecule has 0 N–H and O–H groups in total. The summed E-state index contributed by atoms with van der Waals surface area (Å²) in [5.41, 5.74) is 1.36. The van der Waals surface area contributed by atoms with Crippen LogP contribution in [-0.4, -0.2) is 0 Å². The maximum absolute atomic E-state index is 13.8. The Kier molecular flexibility index (Phi) is 5.15. The highest BCUT2D eigenvalue weighted by molar-refractivity contribution is 9.10. The van der Waals surface area contributed by atoms with E-state index >= 15 is 0 Å². The Bertz CT molecular complexity index is 599. The Morgan fingerprint density at radius 2 is 1.74 bits per heavy atom. The van der Waals surface area contributed by atoms with Crippen LogP contribution in [0.2, 0.25) is 0 Å². The number of hydrogen-bond acceptors (Lipinski definition) is 0. The summed E-state index contributed by atoms with van der Waals surface area (Å²) in [5.74, 6) is -0.889. The second-order valence-electron chi connectivity index (χ2n) is 4.09. The molecule has 100 valence electrons. The summed E-state index contributed by atoms with van der Waals surface area (Å²) in [6, 6.07) is 10.1. The largest absolute Gasteiger partial charge is 0.207 e. The topological polar surface area (TPSA) is 0 Å². The number of benzene rings is 2. The van der Waals surface area contributed by atoms with Crippen molar-refractivity contribution >= 4 is 47.8 Å². The molecule has 0 aliphatic carbocycles. The van der Waals surface area contributed by atoms with Crippen LogP contribution in [0.5, 0.6) is 0 Å². The lowest BCUT2D eigenvalue weighted by molar-refractivity contribution is 0.579. The molecule has 1 atom stereocenters. The molecule has 19 heavy (non-hydrogen) atoms. The van der Waals surface area contributed by atoms with Crippen LogP contribution in [0, 0.1) is 11.6 Å². The molecule has 2 rings (SSSR count). The first kappa shape index (κ1) is 15.1. The quantitative estimate of drug-likeness (QED) is 0.384. The van der Waals surface area contributed by atoms with Gasteiger partial charge < -0.3 is 0 Å². The molecule has 0 saturated carbocycles. The third-order valence-electron chi connectivity index (χ3n) is 2.68. The molecule has 0 fully saturated rings. The lowest BCUT2D eigenvalue weighted by Gasteiger charge is -2.12. The minimum Gasteiger partial charge on any atom is -0.207 e. The van der Waals surface area contributed by atoms with Crippen LogP contribution in [0.4, 0.5) is 8.78 Å². The van der Waals surface area contributed by atoms with Crippen LogP contribution in [0.3, 0.4) is 0 Å². The van der Waals surface area contributed by atoms with Crippen molar-refractivity contribution in [3.05, 3.63) is 68.1 Å². The average Bonchev–Trinajstić information content (AvgIpc) is 2.33. The SMILES string of the molecule is Fc1cc(C(Br)Cc2cccc(Br)c2)c(F)cc1Br. The van der Waals surface area contributed by atoms with Gasteiger partial charge in [0.25, 0.3) is 0 Å². The Hall–Kier alpha value is -0.260. The van der Waals surface area contributed by atoms with Crippen molar-refractivity contribution < 1.29 is 8.78 Å². The molecule has 0 saturated heterocycles. The van der Waals surface area contributed by atoms with Gasteiger partial charge in [0.2, 0.25) is 0 Å². The number of hydrogen-bond donors (Lipinski definition) is 0. The molecule has 0 heterocycles. The first-order valence-corrected chi connectivity index (χ1v) is 8.00. The zero-order valence-electron chi connectivity index (χ0n) is 9.64. The Morgan fingerprint density at radius 1 is 1.00 bits per heavy atom. The fourth-order valence-corrected chi connectivity index (χ4v) is 3.25. The van der Waals surface area contributed by atoms with Gasteiger partial charge >= 0.3 is 0 Å². The third kappa shape index (κ3) is 3.86. The van der Waals surface area contributed by atoms with Crippen LogP contribution < -0.4 is 0 Å². The van der Waals surface area contributed by atoms with E-state index in [0.717, 1.165) is 16.1 Å². The van der Waals surface area contributed by atoms with Gasteiger partial charge in [0, 0.05) is 14.9 Å². The fraction of sp³-hybridized carbons (Fsp3) is 0.143. The predicted molar refractivity (Wildman–Crippen MR) is 83.6 cm³/mol. The highest BCUT2D eigenvalue weighted by Crippen LogP contribution is 2.32. The number of halogens is 5. The van der Waals surface area contributed by atoms with E-state index in [4.69, 9.17) is 0 Å². The molecule has 0 aliphatic heterocycles. The van der Waals surface area contributed by atoms with Gasteiger partial charge in [-0.2, -0.15) is 0 Å². The maximum Gasteiger partial charge on any atom is 0.137 e. The minimum atomic E-state index is -0.463. The average molecular weight is 455 g/mol. The van der Waals surface area contributed by atoms with Gasteiger partial charge in [0.15, 0.2) is 0 Å². The molecular formula is C14H9Br3F2. The molecule has 5 heteroatoms. The molecular weight excluding hydrogens is 446 g/mol. The zero-order chi connectivity index (χ0) is 14.0. The second kappa shape index (κ2) is 6.46. The zero-order valence-corrected chi connectivity index (χ0v) is 14.4. The van der Waals surface area contributed by atoms with Crippen molar-refractivity contribution in [1.82, 2.24) is 0 Å². The predicted octanol–water partition coefficient (Wildman–Crippen LogP) is 6.17. The molecule has 0 spiro atoms. The smallest absolute Gasteiger partial charge is 0.137 e. The van der Waals surface area contributed by atoms with Crippen molar-refractivity contribution in [2.24, 2.45) is 0 Å². The summed E-state index contributed by atoms with van der Waals surface area (Å²) in [6.45, 7) is 0. The van der Waals surface area contributed by atoms with E-state index in [1.165, 1.54) is 6.07 Å². The monoisotopic (exact) mass is 452 g/mol. The van der Waals surface area contributed by atoms with Gasteiger partial charge in [0.1, 0.15) is 11.6 Å². The van der Waals surface area contributed by atoms with E-state index in [9.17, 15) is 8.78 Å². The standard InChI is InChI=1S/C14H9Br3F2/c15-9-3-1-2-8(4-9)5-11(16)10-6-14(19)12(17)7-13(10)18/h1-4,6-7,11H,5H2. The molecule has 1 unspecified atom stereocenters. The fourth-order valence-electron chi connectivity index (χ4n) is 1.76. The Labute approximate surface area is 135 Å². The lowest BCUT2D eigenvalue weighted by Crippen LogP contribution is -2.00. The highest BCUT2D eigenvalue weighted by atomic mass is 79.9. The van der Waals surface area contributed by atoms with Crippen molar-refractivity contribution in [3.8, 4) is 0 Å². The van der Waals surface area contributed by atoms with Crippen LogP contribution in [0.25, 0.3) is 0 Å². The Balaban J connectivity index is 2.25. The summed E-state index contributed by atoms with van der Waals surface area (Å²) in [4.78, 5) is -0.274. The van der Waals surface area contributed by atoms with Gasteiger partial charge in [0.05, 0.1) is 4.47 Å². The highest BCUT2D eigenvalue weighted by Gasteiger charge is 2.16. The number of alkyl halides is 1. The molecule has 0 aromatic heterocycles.